The Hall–Kier alpha value is -3.38. The molecule has 0 radical (unpaired) electrons. The number of urea groups is 1. The van der Waals surface area contributed by atoms with E-state index >= 15 is 0 Å². The Morgan fingerprint density at radius 3 is 2.79 bits per heavy atom. The van der Waals surface area contributed by atoms with Crippen molar-refractivity contribution >= 4 is 29.2 Å². The van der Waals surface area contributed by atoms with Gasteiger partial charge in [0.1, 0.15) is 0 Å². The first-order chi connectivity index (χ1) is 14.1. The van der Waals surface area contributed by atoms with Crippen LogP contribution in [-0.2, 0) is 6.54 Å². The van der Waals surface area contributed by atoms with E-state index in [1.54, 1.807) is 24.4 Å². The van der Waals surface area contributed by atoms with Gasteiger partial charge < -0.3 is 10.6 Å². The van der Waals surface area contributed by atoms with E-state index in [2.05, 4.69) is 15.6 Å². The molecule has 1 aromatic heterocycles. The Balaban J connectivity index is 1.47. The molecule has 2 N–H and O–H groups in total. The minimum absolute atomic E-state index is 0.212. The molecule has 1 aliphatic heterocycles. The lowest BCUT2D eigenvalue weighted by Crippen LogP contribution is -2.28. The molecule has 7 heteroatoms. The van der Waals surface area contributed by atoms with Gasteiger partial charge in [0.2, 0.25) is 0 Å². The third-order valence-electron chi connectivity index (χ3n) is 4.70. The van der Waals surface area contributed by atoms with E-state index in [4.69, 9.17) is 11.6 Å². The van der Waals surface area contributed by atoms with Crippen LogP contribution in [0.1, 0.15) is 15.9 Å². The van der Waals surface area contributed by atoms with E-state index in [0.29, 0.717) is 35.9 Å². The normalized spacial score (nSPS) is 13.3. The van der Waals surface area contributed by atoms with Gasteiger partial charge in [-0.1, -0.05) is 35.9 Å². The van der Waals surface area contributed by atoms with Crippen molar-refractivity contribution in [3.8, 4) is 11.3 Å². The quantitative estimate of drug-likeness (QED) is 0.675. The monoisotopic (exact) mass is 406 g/mol. The van der Waals surface area contributed by atoms with Gasteiger partial charge in [-0.3, -0.25) is 14.7 Å². The minimum atomic E-state index is -0.231. The van der Waals surface area contributed by atoms with Crippen LogP contribution in [0, 0.1) is 0 Å². The fourth-order valence-corrected chi connectivity index (χ4v) is 3.44. The number of amides is 3. The number of hydrogen-bond donors (Lipinski definition) is 2. The first-order valence-corrected chi connectivity index (χ1v) is 9.63. The van der Waals surface area contributed by atoms with Gasteiger partial charge in [-0.15, -0.1) is 0 Å². The molecule has 0 spiro atoms. The highest BCUT2D eigenvalue weighted by molar-refractivity contribution is 6.34. The van der Waals surface area contributed by atoms with Crippen LogP contribution in [-0.4, -0.2) is 30.0 Å². The second-order valence-corrected chi connectivity index (χ2v) is 7.05. The van der Waals surface area contributed by atoms with Gasteiger partial charge in [0.25, 0.3) is 5.91 Å². The molecule has 0 unspecified atom stereocenters. The molecule has 3 amide bonds. The predicted octanol–water partition coefficient (Wildman–Crippen LogP) is 3.86. The van der Waals surface area contributed by atoms with Crippen LogP contribution in [0.3, 0.4) is 0 Å². The average molecular weight is 407 g/mol. The summed E-state index contributed by atoms with van der Waals surface area (Å²) in [6.45, 7) is 1.45. The highest BCUT2D eigenvalue weighted by Gasteiger charge is 2.24. The topological polar surface area (TPSA) is 74.3 Å². The Labute approximate surface area is 173 Å². The maximum absolute atomic E-state index is 12.6. The van der Waals surface area contributed by atoms with E-state index in [-0.39, 0.29) is 11.9 Å². The highest BCUT2D eigenvalue weighted by Crippen LogP contribution is 2.28. The first kappa shape index (κ1) is 19.0. The van der Waals surface area contributed by atoms with E-state index in [1.165, 1.54) is 4.90 Å². The number of benzene rings is 2. The molecule has 146 valence electrons. The number of carbonyl (C=O) groups excluding carboxylic acids is 2. The molecule has 0 saturated carbocycles. The number of aromatic nitrogens is 1. The van der Waals surface area contributed by atoms with E-state index in [0.717, 1.165) is 16.8 Å². The van der Waals surface area contributed by atoms with Crippen molar-refractivity contribution in [3.05, 3.63) is 83.0 Å². The van der Waals surface area contributed by atoms with Gasteiger partial charge in [0, 0.05) is 37.0 Å². The summed E-state index contributed by atoms with van der Waals surface area (Å²) in [7, 11) is 0. The van der Waals surface area contributed by atoms with E-state index in [1.807, 2.05) is 42.5 Å². The number of anilines is 1. The summed E-state index contributed by atoms with van der Waals surface area (Å²) in [5.41, 5.74) is 3.82. The maximum Gasteiger partial charge on any atom is 0.322 e. The van der Waals surface area contributed by atoms with Gasteiger partial charge in [-0.2, -0.15) is 0 Å². The number of nitrogens with zero attached hydrogens (tertiary/aromatic N) is 2. The summed E-state index contributed by atoms with van der Waals surface area (Å²) in [6.07, 6.45) is 1.75. The van der Waals surface area contributed by atoms with Gasteiger partial charge in [-0.25, -0.2) is 4.79 Å². The summed E-state index contributed by atoms with van der Waals surface area (Å²) in [5, 5.41) is 6.09. The first-order valence-electron chi connectivity index (χ1n) is 9.25. The van der Waals surface area contributed by atoms with Crippen LogP contribution in [0.4, 0.5) is 10.5 Å². The molecule has 3 aromatic rings. The third kappa shape index (κ3) is 4.22. The van der Waals surface area contributed by atoms with Crippen molar-refractivity contribution in [1.29, 1.82) is 0 Å². The number of hydrogen-bond acceptors (Lipinski definition) is 3. The Kier molecular flexibility index (Phi) is 5.44. The predicted molar refractivity (Wildman–Crippen MR) is 113 cm³/mol. The van der Waals surface area contributed by atoms with Gasteiger partial charge in [-0.05, 0) is 42.0 Å². The molecule has 1 saturated heterocycles. The molecule has 0 atom stereocenters. The summed E-state index contributed by atoms with van der Waals surface area (Å²) < 4.78 is 0. The van der Waals surface area contributed by atoms with E-state index < -0.39 is 0 Å². The number of nitrogens with one attached hydrogen (secondary N) is 2. The molecule has 0 aliphatic carbocycles. The minimum Gasteiger partial charge on any atom is -0.348 e. The smallest absolute Gasteiger partial charge is 0.322 e. The molecule has 1 aliphatic rings. The lowest BCUT2D eigenvalue weighted by atomic mass is 10.1. The third-order valence-corrected chi connectivity index (χ3v) is 5.02. The lowest BCUT2D eigenvalue weighted by Gasteiger charge is -2.17. The fraction of sp³-hybridized carbons (Fsp3) is 0.136. The molecule has 0 bridgehead atoms. The van der Waals surface area contributed by atoms with Crippen LogP contribution in [0.25, 0.3) is 11.3 Å². The van der Waals surface area contributed by atoms with Crippen LogP contribution in [0.15, 0.2) is 66.9 Å². The second kappa shape index (κ2) is 8.32. The van der Waals surface area contributed by atoms with Crippen molar-refractivity contribution in [3.63, 3.8) is 0 Å². The maximum atomic E-state index is 12.6. The lowest BCUT2D eigenvalue weighted by molar-refractivity contribution is 0.0951. The molecule has 4 rings (SSSR count). The number of halogens is 1. The Bertz CT molecular complexity index is 1060. The molecule has 29 heavy (non-hydrogen) atoms. The van der Waals surface area contributed by atoms with Crippen LogP contribution in [0.2, 0.25) is 5.02 Å². The second-order valence-electron chi connectivity index (χ2n) is 6.65. The number of carbonyl (C=O) groups is 2. The highest BCUT2D eigenvalue weighted by atomic mass is 35.5. The zero-order chi connectivity index (χ0) is 20.2. The largest absolute Gasteiger partial charge is 0.348 e. The van der Waals surface area contributed by atoms with Crippen molar-refractivity contribution in [2.75, 3.05) is 18.0 Å². The Morgan fingerprint density at radius 1 is 1.14 bits per heavy atom. The van der Waals surface area contributed by atoms with E-state index in [9.17, 15) is 9.59 Å². The molecular formula is C22H19ClN4O2. The van der Waals surface area contributed by atoms with Crippen molar-refractivity contribution in [1.82, 2.24) is 15.6 Å². The van der Waals surface area contributed by atoms with Gasteiger partial charge in [0.15, 0.2) is 0 Å². The molecule has 1 fully saturated rings. The summed E-state index contributed by atoms with van der Waals surface area (Å²) in [6, 6.07) is 18.4. The molecular weight excluding hydrogens is 388 g/mol. The molecule has 2 aromatic carbocycles. The summed E-state index contributed by atoms with van der Waals surface area (Å²) in [5.74, 6) is -0.231. The summed E-state index contributed by atoms with van der Waals surface area (Å²) in [4.78, 5) is 30.5. The van der Waals surface area contributed by atoms with Crippen LogP contribution < -0.4 is 15.5 Å². The zero-order valence-corrected chi connectivity index (χ0v) is 16.3. The van der Waals surface area contributed by atoms with Crippen molar-refractivity contribution in [2.24, 2.45) is 0 Å². The van der Waals surface area contributed by atoms with Gasteiger partial charge in [0.05, 0.1) is 16.4 Å². The van der Waals surface area contributed by atoms with Gasteiger partial charge >= 0.3 is 6.03 Å². The number of pyridine rings is 1. The van der Waals surface area contributed by atoms with Crippen LogP contribution in [0.5, 0.6) is 0 Å². The average Bonchev–Trinajstić information content (AvgIpc) is 3.19. The zero-order valence-electron chi connectivity index (χ0n) is 15.6. The van der Waals surface area contributed by atoms with Crippen LogP contribution >= 0.6 is 11.6 Å². The SMILES string of the molecule is O=C(NCc1cccc(-c2ccccn2)c1)c1ccc(Cl)c(N2CCNC2=O)c1. The Morgan fingerprint density at radius 2 is 2.03 bits per heavy atom. The molecule has 6 nitrogen and oxygen atoms in total. The number of rotatable bonds is 5. The fourth-order valence-electron chi connectivity index (χ4n) is 3.22. The van der Waals surface area contributed by atoms with Crippen molar-refractivity contribution in [2.45, 2.75) is 6.54 Å². The molecule has 2 heterocycles. The van der Waals surface area contributed by atoms with Crippen molar-refractivity contribution < 1.29 is 9.59 Å². The standard InChI is InChI=1S/C22H19ClN4O2/c23-18-8-7-17(13-20(18)27-11-10-25-22(27)29)21(28)26-14-15-4-3-5-16(12-15)19-6-1-2-9-24-19/h1-9,12-13H,10-11,14H2,(H,25,29)(H,26,28). The summed E-state index contributed by atoms with van der Waals surface area (Å²) >= 11 is 6.24.